The number of anilines is 3. The van der Waals surface area contributed by atoms with Crippen molar-refractivity contribution in [3.63, 3.8) is 0 Å². The van der Waals surface area contributed by atoms with E-state index in [4.69, 9.17) is 9.97 Å². The van der Waals surface area contributed by atoms with Crippen molar-refractivity contribution in [3.05, 3.63) is 41.7 Å². The number of nitrogens with zero attached hydrogens (tertiary/aromatic N) is 6. The van der Waals surface area contributed by atoms with Crippen molar-refractivity contribution in [2.24, 2.45) is 0 Å². The number of carbonyl (C=O) groups excluding carboxylic acids is 1. The quantitative estimate of drug-likeness (QED) is 0.656. The summed E-state index contributed by atoms with van der Waals surface area (Å²) in [4.78, 5) is 30.4. The first kappa shape index (κ1) is 19.5. The lowest BCUT2D eigenvalue weighted by molar-refractivity contribution is -0.129. The van der Waals surface area contributed by atoms with Crippen LogP contribution in [0.4, 0.5) is 17.6 Å². The topological polar surface area (TPSA) is 103 Å². The lowest BCUT2D eigenvalue weighted by Crippen LogP contribution is -2.43. The third-order valence-electron chi connectivity index (χ3n) is 5.92. The first-order valence-corrected chi connectivity index (χ1v) is 10.7. The molecule has 0 aromatic carbocycles. The minimum Gasteiger partial charge on any atom is -0.347 e. The predicted octanol–water partition coefficient (Wildman–Crippen LogP) is 2.55. The molecule has 0 bridgehead atoms. The average molecular weight is 419 g/mol. The van der Waals surface area contributed by atoms with Gasteiger partial charge in [0.05, 0.1) is 17.1 Å². The molecule has 0 saturated carbocycles. The van der Waals surface area contributed by atoms with E-state index in [0.29, 0.717) is 11.8 Å². The molecule has 9 nitrogen and oxygen atoms in total. The van der Waals surface area contributed by atoms with Gasteiger partial charge in [-0.25, -0.2) is 4.98 Å². The Balaban J connectivity index is 1.45. The van der Waals surface area contributed by atoms with Gasteiger partial charge < -0.3 is 15.1 Å². The fourth-order valence-corrected chi connectivity index (χ4v) is 4.37. The van der Waals surface area contributed by atoms with Crippen molar-refractivity contribution in [1.29, 1.82) is 0 Å². The molecule has 1 aliphatic carbocycles. The highest BCUT2D eigenvalue weighted by molar-refractivity contribution is 5.85. The van der Waals surface area contributed by atoms with Crippen LogP contribution in [0.3, 0.4) is 0 Å². The first-order chi connectivity index (χ1) is 15.1. The second-order valence-corrected chi connectivity index (χ2v) is 8.24. The fourth-order valence-electron chi connectivity index (χ4n) is 4.37. The molecule has 31 heavy (non-hydrogen) atoms. The van der Waals surface area contributed by atoms with Crippen LogP contribution in [0, 0.1) is 0 Å². The smallest absolute Gasteiger partial charge is 0.244 e. The number of aromatic nitrogens is 5. The lowest BCUT2D eigenvalue weighted by Gasteiger charge is -2.27. The third-order valence-corrected chi connectivity index (χ3v) is 5.92. The van der Waals surface area contributed by atoms with Crippen LogP contribution in [0.2, 0.25) is 0 Å². The van der Waals surface area contributed by atoms with E-state index in [-0.39, 0.29) is 11.9 Å². The number of H-pyrrole nitrogens is 1. The van der Waals surface area contributed by atoms with Crippen LogP contribution >= 0.6 is 0 Å². The van der Waals surface area contributed by atoms with E-state index in [9.17, 15) is 4.79 Å². The third kappa shape index (κ3) is 3.71. The lowest BCUT2D eigenvalue weighted by atomic mass is 10.2. The van der Waals surface area contributed by atoms with Gasteiger partial charge in [-0.2, -0.15) is 10.1 Å². The van der Waals surface area contributed by atoms with Gasteiger partial charge in [-0.1, -0.05) is 6.07 Å². The number of aromatic amines is 1. The Morgan fingerprint density at radius 1 is 1.23 bits per heavy atom. The standard InChI is InChI=1S/C22H26N8O/c1-29(2)21(31)18-10-6-12-30(18)22-24-15-9-5-7-14(15)20(26-22)25-19-13-17(27-28-19)16-8-3-4-11-23-16/h3-4,8,11,13,18H,5-7,9-10,12H2,1-2H3,(H2,24,25,26,27,28). The van der Waals surface area contributed by atoms with E-state index >= 15 is 0 Å². The van der Waals surface area contributed by atoms with E-state index in [1.165, 1.54) is 0 Å². The summed E-state index contributed by atoms with van der Waals surface area (Å²) >= 11 is 0. The largest absolute Gasteiger partial charge is 0.347 e. The molecule has 4 heterocycles. The SMILES string of the molecule is CN(C)C(=O)C1CCCN1c1nc2c(c(Nc3cc(-c4ccccn4)[nH]n3)n1)CCC2. The Morgan fingerprint density at radius 2 is 2.13 bits per heavy atom. The van der Waals surface area contributed by atoms with Crippen molar-refractivity contribution in [3.8, 4) is 11.4 Å². The van der Waals surface area contributed by atoms with Crippen LogP contribution in [0.15, 0.2) is 30.5 Å². The summed E-state index contributed by atoms with van der Waals surface area (Å²) in [5, 5.41) is 10.8. The van der Waals surface area contributed by atoms with E-state index in [1.807, 2.05) is 24.3 Å². The molecule has 3 aromatic heterocycles. The zero-order valence-corrected chi connectivity index (χ0v) is 17.8. The van der Waals surface area contributed by atoms with Gasteiger partial charge in [-0.05, 0) is 44.2 Å². The average Bonchev–Trinajstić information content (AvgIpc) is 3.53. The maximum atomic E-state index is 12.7. The van der Waals surface area contributed by atoms with E-state index in [2.05, 4.69) is 25.4 Å². The van der Waals surface area contributed by atoms with Gasteiger partial charge in [0.25, 0.3) is 0 Å². The van der Waals surface area contributed by atoms with Crippen LogP contribution in [-0.2, 0) is 17.6 Å². The summed E-state index contributed by atoms with van der Waals surface area (Å²) in [6.45, 7) is 0.786. The van der Waals surface area contributed by atoms with Gasteiger partial charge in [0.15, 0.2) is 5.82 Å². The summed E-state index contributed by atoms with van der Waals surface area (Å²) in [7, 11) is 3.60. The number of pyridine rings is 1. The number of hydrogen-bond donors (Lipinski definition) is 2. The predicted molar refractivity (Wildman–Crippen MR) is 118 cm³/mol. The molecule has 2 aliphatic rings. The first-order valence-electron chi connectivity index (χ1n) is 10.7. The number of fused-ring (bicyclic) bond motifs is 1. The second-order valence-electron chi connectivity index (χ2n) is 8.24. The molecule has 2 N–H and O–H groups in total. The zero-order valence-electron chi connectivity index (χ0n) is 17.8. The number of amides is 1. The molecule has 9 heteroatoms. The van der Waals surface area contributed by atoms with Crippen LogP contribution in [0.25, 0.3) is 11.4 Å². The van der Waals surface area contributed by atoms with Gasteiger partial charge in [-0.15, -0.1) is 0 Å². The van der Waals surface area contributed by atoms with Crippen LogP contribution in [0.1, 0.15) is 30.5 Å². The highest BCUT2D eigenvalue weighted by Gasteiger charge is 2.34. The van der Waals surface area contributed by atoms with Crippen molar-refractivity contribution in [2.75, 3.05) is 30.9 Å². The molecule has 1 fully saturated rings. The Bertz CT molecular complexity index is 1090. The highest BCUT2D eigenvalue weighted by Crippen LogP contribution is 2.33. The summed E-state index contributed by atoms with van der Waals surface area (Å²) in [6, 6.07) is 7.49. The number of carbonyl (C=O) groups is 1. The normalized spacial score (nSPS) is 17.6. The van der Waals surface area contributed by atoms with Crippen molar-refractivity contribution in [2.45, 2.75) is 38.1 Å². The molecule has 1 unspecified atom stereocenters. The van der Waals surface area contributed by atoms with E-state index < -0.39 is 0 Å². The molecule has 5 rings (SSSR count). The van der Waals surface area contributed by atoms with Crippen LogP contribution in [-0.4, -0.2) is 62.6 Å². The summed E-state index contributed by atoms with van der Waals surface area (Å²) < 4.78 is 0. The van der Waals surface area contributed by atoms with E-state index in [0.717, 1.165) is 67.1 Å². The minimum atomic E-state index is -0.205. The second kappa shape index (κ2) is 7.98. The van der Waals surface area contributed by atoms with Gasteiger partial charge in [-0.3, -0.25) is 14.9 Å². The number of rotatable bonds is 5. The molecule has 3 aromatic rings. The Labute approximate surface area is 180 Å². The minimum absolute atomic E-state index is 0.100. The molecular formula is C22H26N8O. The zero-order chi connectivity index (χ0) is 21.4. The number of aryl methyl sites for hydroxylation is 1. The molecular weight excluding hydrogens is 392 g/mol. The summed E-state index contributed by atoms with van der Waals surface area (Å²) in [5.41, 5.74) is 3.88. The van der Waals surface area contributed by atoms with Crippen molar-refractivity contribution >= 4 is 23.5 Å². The molecule has 0 spiro atoms. The maximum absolute atomic E-state index is 12.7. The number of likely N-dealkylation sites (N-methyl/N-ethyl adjacent to an activating group) is 1. The Morgan fingerprint density at radius 3 is 2.94 bits per heavy atom. The summed E-state index contributed by atoms with van der Waals surface area (Å²) in [6.07, 6.45) is 6.47. The van der Waals surface area contributed by atoms with Gasteiger partial charge in [0.2, 0.25) is 11.9 Å². The Hall–Kier alpha value is -3.49. The Kier molecular flexibility index (Phi) is 5.01. The fraction of sp³-hybridized carbons (Fsp3) is 0.409. The number of hydrogen-bond acceptors (Lipinski definition) is 7. The molecule has 1 atom stereocenters. The van der Waals surface area contributed by atoms with Gasteiger partial charge >= 0.3 is 0 Å². The van der Waals surface area contributed by atoms with Crippen molar-refractivity contribution in [1.82, 2.24) is 30.0 Å². The van der Waals surface area contributed by atoms with Crippen molar-refractivity contribution < 1.29 is 4.79 Å². The summed E-state index contributed by atoms with van der Waals surface area (Å²) in [5.74, 6) is 2.19. The maximum Gasteiger partial charge on any atom is 0.244 e. The number of nitrogens with one attached hydrogen (secondary N) is 2. The molecule has 1 saturated heterocycles. The van der Waals surface area contributed by atoms with Gasteiger partial charge in [0.1, 0.15) is 11.9 Å². The highest BCUT2D eigenvalue weighted by atomic mass is 16.2. The molecule has 160 valence electrons. The molecule has 0 radical (unpaired) electrons. The van der Waals surface area contributed by atoms with E-state index in [1.54, 1.807) is 25.2 Å². The van der Waals surface area contributed by atoms with Crippen LogP contribution in [0.5, 0.6) is 0 Å². The monoisotopic (exact) mass is 418 g/mol. The molecule has 1 aliphatic heterocycles. The molecule has 1 amide bonds. The van der Waals surface area contributed by atoms with Gasteiger partial charge in [0, 0.05) is 38.5 Å². The van der Waals surface area contributed by atoms with Crippen LogP contribution < -0.4 is 10.2 Å².